The highest BCUT2D eigenvalue weighted by Crippen LogP contribution is 2.05. The smallest absolute Gasteiger partial charge is 0.233 e. The molecule has 0 aliphatic carbocycles. The lowest BCUT2D eigenvalue weighted by Gasteiger charge is -2.04. The molecule has 1 aromatic rings. The van der Waals surface area contributed by atoms with Crippen LogP contribution in [0.25, 0.3) is 0 Å². The van der Waals surface area contributed by atoms with Crippen LogP contribution in [-0.2, 0) is 6.54 Å². The Morgan fingerprint density at radius 2 is 2.31 bits per heavy atom. The number of ether oxygens (including phenoxy) is 1. The molecule has 1 rings (SSSR count). The third kappa shape index (κ3) is 4.89. The average Bonchev–Trinajstić information content (AvgIpc) is 2.32. The van der Waals surface area contributed by atoms with Gasteiger partial charge in [-0.15, -0.1) is 11.7 Å². The van der Waals surface area contributed by atoms with Gasteiger partial charge in [0.2, 0.25) is 5.88 Å². The van der Waals surface area contributed by atoms with Gasteiger partial charge in [0.15, 0.2) is 0 Å². The first-order valence-electron chi connectivity index (χ1n) is 5.63. The Kier molecular flexibility index (Phi) is 6.18. The van der Waals surface area contributed by atoms with E-state index in [1.807, 2.05) is 18.2 Å². The van der Waals surface area contributed by atoms with Crippen molar-refractivity contribution in [2.24, 2.45) is 0 Å². The minimum atomic E-state index is 0.570. The van der Waals surface area contributed by atoms with Crippen LogP contribution in [0.2, 0.25) is 0 Å². The third-order valence-electron chi connectivity index (χ3n) is 2.00. The number of nitrogens with zero attached hydrogens (tertiary/aromatic N) is 2. The van der Waals surface area contributed by atoms with E-state index in [2.05, 4.69) is 29.0 Å². The van der Waals surface area contributed by atoms with Gasteiger partial charge in [-0.05, 0) is 25.5 Å². The number of aromatic nitrogens is 2. The zero-order chi connectivity index (χ0) is 11.6. The van der Waals surface area contributed by atoms with Crippen molar-refractivity contribution >= 4 is 0 Å². The van der Waals surface area contributed by atoms with E-state index < -0.39 is 0 Å². The summed E-state index contributed by atoms with van der Waals surface area (Å²) < 4.78 is 5.36. The van der Waals surface area contributed by atoms with Gasteiger partial charge in [0, 0.05) is 12.6 Å². The molecule has 1 aromatic heterocycles. The van der Waals surface area contributed by atoms with Crippen LogP contribution in [0.1, 0.15) is 25.5 Å². The summed E-state index contributed by atoms with van der Waals surface area (Å²) >= 11 is 0. The molecule has 4 heteroatoms. The summed E-state index contributed by atoms with van der Waals surface area (Å²) in [5.41, 5.74) is 0.935. The van der Waals surface area contributed by atoms with E-state index in [9.17, 15) is 0 Å². The number of hydrogen-bond acceptors (Lipinski definition) is 4. The molecule has 0 bridgehead atoms. The second kappa shape index (κ2) is 7.82. The molecule has 0 aromatic carbocycles. The summed E-state index contributed by atoms with van der Waals surface area (Å²) in [6.07, 6.45) is 3.76. The Morgan fingerprint density at radius 3 is 2.94 bits per heavy atom. The van der Waals surface area contributed by atoms with Gasteiger partial charge in [0.1, 0.15) is 0 Å². The standard InChI is InChI=1S/C12H19N3O/c1-3-5-9-16-12-7-6-11(14-15-12)10-13-8-4-2/h3,6-7,13H,1,4-5,8-10H2,2H3. The van der Waals surface area contributed by atoms with Crippen molar-refractivity contribution in [1.29, 1.82) is 0 Å². The molecule has 0 saturated heterocycles. The predicted octanol–water partition coefficient (Wildman–Crippen LogP) is 1.93. The van der Waals surface area contributed by atoms with Crippen LogP contribution in [0.15, 0.2) is 24.8 Å². The van der Waals surface area contributed by atoms with Gasteiger partial charge in [-0.2, -0.15) is 5.10 Å². The van der Waals surface area contributed by atoms with Crippen LogP contribution in [0.4, 0.5) is 0 Å². The number of nitrogens with one attached hydrogen (secondary N) is 1. The maximum Gasteiger partial charge on any atom is 0.233 e. The summed E-state index contributed by atoms with van der Waals surface area (Å²) in [5.74, 6) is 0.570. The van der Waals surface area contributed by atoms with Gasteiger partial charge in [-0.1, -0.05) is 13.0 Å². The lowest BCUT2D eigenvalue weighted by atomic mass is 10.3. The fourth-order valence-electron chi connectivity index (χ4n) is 1.16. The topological polar surface area (TPSA) is 47.0 Å². The summed E-state index contributed by atoms with van der Waals surface area (Å²) in [5, 5.41) is 11.3. The molecule has 0 unspecified atom stereocenters. The molecule has 1 heterocycles. The zero-order valence-corrected chi connectivity index (χ0v) is 9.78. The average molecular weight is 221 g/mol. The fraction of sp³-hybridized carbons (Fsp3) is 0.500. The summed E-state index contributed by atoms with van der Waals surface area (Å²) in [4.78, 5) is 0. The molecular weight excluding hydrogens is 202 g/mol. The first-order chi connectivity index (χ1) is 7.86. The second-order valence-corrected chi connectivity index (χ2v) is 3.47. The molecular formula is C12H19N3O. The second-order valence-electron chi connectivity index (χ2n) is 3.47. The van der Waals surface area contributed by atoms with Gasteiger partial charge in [0.05, 0.1) is 12.3 Å². The first kappa shape index (κ1) is 12.6. The van der Waals surface area contributed by atoms with Crippen molar-refractivity contribution in [2.45, 2.75) is 26.3 Å². The van der Waals surface area contributed by atoms with Crippen LogP contribution < -0.4 is 10.1 Å². The molecule has 88 valence electrons. The van der Waals surface area contributed by atoms with Crippen LogP contribution in [0, 0.1) is 0 Å². The van der Waals surface area contributed by atoms with Gasteiger partial charge < -0.3 is 10.1 Å². The van der Waals surface area contributed by atoms with Crippen molar-refractivity contribution in [2.75, 3.05) is 13.2 Å². The molecule has 4 nitrogen and oxygen atoms in total. The fourth-order valence-corrected chi connectivity index (χ4v) is 1.16. The van der Waals surface area contributed by atoms with Crippen molar-refractivity contribution < 1.29 is 4.74 Å². The highest BCUT2D eigenvalue weighted by atomic mass is 16.5. The summed E-state index contributed by atoms with van der Waals surface area (Å²) in [6, 6.07) is 3.78. The van der Waals surface area contributed by atoms with Crippen LogP contribution in [0.3, 0.4) is 0 Å². The molecule has 0 aliphatic rings. The van der Waals surface area contributed by atoms with Gasteiger partial charge >= 0.3 is 0 Å². The lowest BCUT2D eigenvalue weighted by molar-refractivity contribution is 0.308. The van der Waals surface area contributed by atoms with Gasteiger partial charge in [0.25, 0.3) is 0 Å². The van der Waals surface area contributed by atoms with E-state index in [-0.39, 0.29) is 0 Å². The molecule has 0 fully saturated rings. The van der Waals surface area contributed by atoms with Crippen LogP contribution in [-0.4, -0.2) is 23.3 Å². The van der Waals surface area contributed by atoms with Gasteiger partial charge in [-0.25, -0.2) is 0 Å². The Hall–Kier alpha value is -1.42. The van der Waals surface area contributed by atoms with Crippen molar-refractivity contribution in [3.8, 4) is 5.88 Å². The monoisotopic (exact) mass is 221 g/mol. The van der Waals surface area contributed by atoms with E-state index in [1.165, 1.54) is 0 Å². The quantitative estimate of drug-likeness (QED) is 0.538. The Labute approximate surface area is 96.7 Å². The zero-order valence-electron chi connectivity index (χ0n) is 9.78. The molecule has 0 spiro atoms. The maximum absolute atomic E-state index is 5.36. The Morgan fingerprint density at radius 1 is 1.44 bits per heavy atom. The SMILES string of the molecule is C=CCCOc1ccc(CNCCC)nn1. The van der Waals surface area contributed by atoms with Crippen LogP contribution in [0.5, 0.6) is 5.88 Å². The van der Waals surface area contributed by atoms with Crippen molar-refractivity contribution in [3.63, 3.8) is 0 Å². The highest BCUT2D eigenvalue weighted by molar-refractivity contribution is 5.11. The lowest BCUT2D eigenvalue weighted by Crippen LogP contribution is -2.15. The van der Waals surface area contributed by atoms with Crippen LogP contribution >= 0.6 is 0 Å². The normalized spacial score (nSPS) is 10.1. The van der Waals surface area contributed by atoms with E-state index in [0.717, 1.165) is 31.6 Å². The highest BCUT2D eigenvalue weighted by Gasteiger charge is 1.97. The summed E-state index contributed by atoms with van der Waals surface area (Å²) in [7, 11) is 0. The van der Waals surface area contributed by atoms with Crippen molar-refractivity contribution in [1.82, 2.24) is 15.5 Å². The number of hydrogen-bond donors (Lipinski definition) is 1. The molecule has 16 heavy (non-hydrogen) atoms. The van der Waals surface area contributed by atoms with E-state index in [0.29, 0.717) is 12.5 Å². The molecule has 0 amide bonds. The minimum absolute atomic E-state index is 0.570. The van der Waals surface area contributed by atoms with E-state index >= 15 is 0 Å². The number of rotatable bonds is 8. The first-order valence-corrected chi connectivity index (χ1v) is 5.63. The van der Waals surface area contributed by atoms with Gasteiger partial charge in [-0.3, -0.25) is 0 Å². The third-order valence-corrected chi connectivity index (χ3v) is 2.00. The molecule has 1 N–H and O–H groups in total. The van der Waals surface area contributed by atoms with E-state index in [1.54, 1.807) is 0 Å². The molecule has 0 radical (unpaired) electrons. The Bertz CT molecular complexity index is 298. The minimum Gasteiger partial charge on any atom is -0.476 e. The molecule has 0 saturated carbocycles. The molecule has 0 atom stereocenters. The predicted molar refractivity (Wildman–Crippen MR) is 64.3 cm³/mol. The largest absolute Gasteiger partial charge is 0.476 e. The Balaban J connectivity index is 2.32. The maximum atomic E-state index is 5.36. The van der Waals surface area contributed by atoms with Crippen molar-refractivity contribution in [3.05, 3.63) is 30.5 Å². The molecule has 0 aliphatic heterocycles. The van der Waals surface area contributed by atoms with E-state index in [4.69, 9.17) is 4.74 Å². The summed E-state index contributed by atoms with van der Waals surface area (Å²) in [6.45, 7) is 8.12.